The largest absolute Gasteiger partial charge is 0.508 e. The van der Waals surface area contributed by atoms with Gasteiger partial charge in [0.25, 0.3) is 0 Å². The fourth-order valence-corrected chi connectivity index (χ4v) is 10.5. The fraction of sp³-hybridized carbons (Fsp3) is 0.475. The lowest BCUT2D eigenvalue weighted by Gasteiger charge is -2.37. The minimum Gasteiger partial charge on any atom is -0.508 e. The topological polar surface area (TPSA) is 174 Å². The Balaban J connectivity index is 1.61. The van der Waals surface area contributed by atoms with Gasteiger partial charge in [0.05, 0.1) is 29.1 Å². The number of amides is 2. The number of hydrogen-bond acceptors (Lipinski definition) is 9. The van der Waals surface area contributed by atoms with Crippen LogP contribution >= 0.6 is 11.8 Å². The van der Waals surface area contributed by atoms with Crippen LogP contribution in [0.15, 0.2) is 76.5 Å². The first-order valence-electron chi connectivity index (χ1n) is 18.8. The van der Waals surface area contributed by atoms with Gasteiger partial charge in [-0.05, 0) is 61.0 Å². The third kappa shape index (κ3) is 12.0. The summed E-state index contributed by atoms with van der Waals surface area (Å²) in [5.41, 5.74) is 1.07. The number of anilines is 2. The van der Waals surface area contributed by atoms with E-state index in [1.807, 2.05) is 62.3 Å². The number of fused-ring (bicyclic) bond motifs is 1. The number of rotatable bonds is 19. The molecule has 0 fully saturated rings. The van der Waals surface area contributed by atoms with Gasteiger partial charge in [-0.15, -0.1) is 11.8 Å². The molecule has 55 heavy (non-hydrogen) atoms. The first-order chi connectivity index (χ1) is 26.0. The predicted molar refractivity (Wildman–Crippen MR) is 221 cm³/mol. The highest BCUT2D eigenvalue weighted by atomic mass is 32.2. The molecule has 0 aliphatic carbocycles. The van der Waals surface area contributed by atoms with Crippen LogP contribution in [0.3, 0.4) is 0 Å². The number of nitrogens with one attached hydrogen (secondary N) is 3. The number of carbonyl (C=O) groups is 3. The number of para-hydroxylation sites is 1. The average molecular weight is 813 g/mol. The molecule has 0 bridgehead atoms. The second-order valence-corrected chi connectivity index (χ2v) is 23.4. The second-order valence-electron chi connectivity index (χ2n) is 15.3. The van der Waals surface area contributed by atoms with Gasteiger partial charge in [-0.1, -0.05) is 89.5 Å². The smallest absolute Gasteiger partial charge is 0.325 e. The van der Waals surface area contributed by atoms with Crippen molar-refractivity contribution in [3.8, 4) is 11.5 Å². The molecule has 0 aromatic heterocycles. The number of phenols is 1. The van der Waals surface area contributed by atoms with Gasteiger partial charge in [0.1, 0.15) is 28.5 Å². The number of unbranched alkanes of at least 4 members (excludes halogenated alkanes) is 2. The Morgan fingerprint density at radius 2 is 1.62 bits per heavy atom. The van der Waals surface area contributed by atoms with E-state index in [9.17, 15) is 33.0 Å². The molecule has 2 atom stereocenters. The predicted octanol–water partition coefficient (Wildman–Crippen LogP) is 7.20. The first-order valence-corrected chi connectivity index (χ1v) is 25.3. The van der Waals surface area contributed by atoms with E-state index >= 15 is 0 Å². The number of ether oxygens (including phenoxy) is 1. The van der Waals surface area contributed by atoms with Crippen molar-refractivity contribution in [3.63, 3.8) is 0 Å². The Kier molecular flexibility index (Phi) is 15.2. The van der Waals surface area contributed by atoms with Crippen LogP contribution in [-0.4, -0.2) is 75.5 Å². The number of phenolic OH excluding ortho intramolecular Hbond substituents is 1. The number of sulfonamides is 1. The number of carbonyl (C=O) groups excluding carboxylic acids is 2. The van der Waals surface area contributed by atoms with E-state index in [1.165, 1.54) is 42.1 Å². The third-order valence-corrected chi connectivity index (χ3v) is 13.5. The zero-order chi connectivity index (χ0) is 40.4. The molecule has 1 heterocycles. The number of carboxylic acid groups (broad SMARTS) is 1. The van der Waals surface area contributed by atoms with Gasteiger partial charge < -0.3 is 30.5 Å². The standard InChI is InChI=1S/C40H56N4O8S2Si/c1-7-9-21-40(22-10-8-2)27-44(29-14-12-11-13-15-29)32-24-34(53-3)33(25-35(32)54(50,51)43-40)52-23-20-36(46)42-37(28-16-18-30(45)19-17-28)38(47)41-31(39(48)49)26-55(4,5)6/h11-19,24-25,31,37,43,45H,7-10,20-23,26-27H2,1-6H3,(H,41,47)(H,42,46)(H,48,49)/t31-,37+/m0/s1. The lowest BCUT2D eigenvalue weighted by atomic mass is 9.87. The molecule has 0 unspecified atom stereocenters. The summed E-state index contributed by atoms with van der Waals surface area (Å²) in [7, 11) is -5.93. The van der Waals surface area contributed by atoms with Crippen molar-refractivity contribution in [2.24, 2.45) is 0 Å². The van der Waals surface area contributed by atoms with Gasteiger partial charge in [-0.25, -0.2) is 13.1 Å². The highest BCUT2D eigenvalue weighted by molar-refractivity contribution is 7.98. The van der Waals surface area contributed by atoms with E-state index < -0.39 is 53.5 Å². The van der Waals surface area contributed by atoms with Crippen molar-refractivity contribution in [3.05, 3.63) is 72.3 Å². The maximum absolute atomic E-state index is 14.3. The van der Waals surface area contributed by atoms with E-state index in [1.54, 1.807) is 0 Å². The van der Waals surface area contributed by atoms with E-state index in [-0.39, 0.29) is 23.7 Å². The van der Waals surface area contributed by atoms with Crippen LogP contribution in [0.1, 0.15) is 70.4 Å². The average Bonchev–Trinajstić information content (AvgIpc) is 3.23. The highest BCUT2D eigenvalue weighted by Gasteiger charge is 2.42. The summed E-state index contributed by atoms with van der Waals surface area (Å²) in [6.07, 6.45) is 6.64. The van der Waals surface area contributed by atoms with Gasteiger partial charge in [0.2, 0.25) is 21.8 Å². The Labute approximate surface area is 330 Å². The van der Waals surface area contributed by atoms with Crippen LogP contribution < -0.4 is 25.0 Å². The lowest BCUT2D eigenvalue weighted by Crippen LogP contribution is -2.53. The van der Waals surface area contributed by atoms with Crippen LogP contribution in [0.5, 0.6) is 11.5 Å². The summed E-state index contributed by atoms with van der Waals surface area (Å²) >= 11 is 1.40. The van der Waals surface area contributed by atoms with Crippen molar-refractivity contribution >= 4 is 59.0 Å². The molecule has 1 aliphatic heterocycles. The van der Waals surface area contributed by atoms with E-state index in [2.05, 4.69) is 34.1 Å². The molecule has 12 nitrogen and oxygen atoms in total. The van der Waals surface area contributed by atoms with Crippen LogP contribution in [0, 0.1) is 0 Å². The Hall–Kier alpha value is -4.05. The molecule has 2 amide bonds. The summed E-state index contributed by atoms with van der Waals surface area (Å²) in [4.78, 5) is 41.8. The first kappa shape index (κ1) is 43.7. The van der Waals surface area contributed by atoms with Crippen molar-refractivity contribution < 1.29 is 37.8 Å². The van der Waals surface area contributed by atoms with Gasteiger partial charge >= 0.3 is 5.97 Å². The number of nitrogens with zero attached hydrogens (tertiary/aromatic N) is 1. The molecule has 300 valence electrons. The van der Waals surface area contributed by atoms with Crippen LogP contribution in [0.2, 0.25) is 25.7 Å². The molecule has 1 aliphatic rings. The molecule has 0 saturated heterocycles. The third-order valence-electron chi connectivity index (χ3n) is 9.53. The second kappa shape index (κ2) is 19.2. The summed E-state index contributed by atoms with van der Waals surface area (Å²) in [6.45, 7) is 10.5. The molecule has 5 N–H and O–H groups in total. The molecule has 3 aromatic rings. The lowest BCUT2D eigenvalue weighted by molar-refractivity contribution is -0.141. The van der Waals surface area contributed by atoms with Gasteiger partial charge in [0.15, 0.2) is 0 Å². The van der Waals surface area contributed by atoms with Gasteiger partial charge in [-0.2, -0.15) is 0 Å². The van der Waals surface area contributed by atoms with Crippen molar-refractivity contribution in [2.45, 2.75) is 112 Å². The molecular formula is C40H56N4O8S2Si. The monoisotopic (exact) mass is 812 g/mol. The van der Waals surface area contributed by atoms with Gasteiger partial charge in [0, 0.05) is 26.4 Å². The van der Waals surface area contributed by atoms with Crippen LogP contribution in [-0.2, 0) is 24.4 Å². The number of thioether (sulfide) groups is 1. The number of carboxylic acids is 1. The molecule has 0 saturated carbocycles. The van der Waals surface area contributed by atoms with Crippen molar-refractivity contribution in [1.29, 1.82) is 0 Å². The van der Waals surface area contributed by atoms with E-state index in [0.717, 1.165) is 31.4 Å². The molecular weight excluding hydrogens is 757 g/mol. The highest BCUT2D eigenvalue weighted by Crippen LogP contribution is 2.44. The maximum Gasteiger partial charge on any atom is 0.325 e. The number of hydrogen-bond donors (Lipinski definition) is 5. The summed E-state index contributed by atoms with van der Waals surface area (Å²) in [5.74, 6) is -2.15. The summed E-state index contributed by atoms with van der Waals surface area (Å²) in [6, 6.07) is 16.8. The summed E-state index contributed by atoms with van der Waals surface area (Å²) < 4.78 is 37.9. The molecule has 3 aromatic carbocycles. The minimum absolute atomic E-state index is 0.0353. The molecule has 4 rings (SSSR count). The Morgan fingerprint density at radius 1 is 0.982 bits per heavy atom. The molecule has 0 spiro atoms. The van der Waals surface area contributed by atoms with Crippen molar-refractivity contribution in [1.82, 2.24) is 15.4 Å². The normalized spacial score (nSPS) is 15.9. The molecule has 0 radical (unpaired) electrons. The zero-order valence-electron chi connectivity index (χ0n) is 32.7. The number of aliphatic carboxylic acids is 1. The maximum atomic E-state index is 14.3. The number of benzene rings is 3. The SMILES string of the molecule is CCCCC1(CCCC)CN(c2ccccc2)c2cc(SC)c(OCCC(=O)N[C@@H](C(=O)N[C@@H](C[Si](C)(C)C)C(=O)O)c3ccc(O)cc3)cc2S(=O)(=O)N1. The van der Waals surface area contributed by atoms with E-state index in [0.29, 0.717) is 47.3 Å². The fourth-order valence-electron chi connectivity index (χ4n) is 6.76. The number of aromatic hydroxyl groups is 1. The molecule has 15 heteroatoms. The van der Waals surface area contributed by atoms with Crippen LogP contribution in [0.25, 0.3) is 0 Å². The van der Waals surface area contributed by atoms with Crippen molar-refractivity contribution in [2.75, 3.05) is 24.3 Å². The summed E-state index contributed by atoms with van der Waals surface area (Å²) in [5, 5.41) is 25.0. The minimum atomic E-state index is -4.03. The Morgan fingerprint density at radius 3 is 2.18 bits per heavy atom. The van der Waals surface area contributed by atoms with Crippen LogP contribution in [0.4, 0.5) is 11.4 Å². The van der Waals surface area contributed by atoms with Gasteiger partial charge in [-0.3, -0.25) is 14.4 Å². The Bertz CT molecular complexity index is 1880. The quantitative estimate of drug-likeness (QED) is 0.0616. The zero-order valence-corrected chi connectivity index (χ0v) is 35.3. The van der Waals surface area contributed by atoms with E-state index in [4.69, 9.17) is 4.74 Å².